The topological polar surface area (TPSA) is 59.1 Å². The number of rotatable bonds is 6. The van der Waals surface area contributed by atoms with Gasteiger partial charge in [0.1, 0.15) is 0 Å². The van der Waals surface area contributed by atoms with Crippen LogP contribution in [-0.2, 0) is 14.0 Å². The van der Waals surface area contributed by atoms with Crippen molar-refractivity contribution in [3.05, 3.63) is 71.8 Å². The molecule has 0 aliphatic carbocycles. The first-order valence-corrected chi connectivity index (χ1v) is 9.57. The molecule has 7 heteroatoms. The number of likely N-dealkylation sites (N-methyl/N-ethyl adjacent to an activating group) is 1. The SMILES string of the molecule is COOSc1ccc(C=CC(=O)N2C(=O)N(C)[C@@H](C)[C@H]2c2ccccc2)cc1. The highest BCUT2D eigenvalue weighted by atomic mass is 32.2. The lowest BCUT2D eigenvalue weighted by Gasteiger charge is -2.23. The fourth-order valence-electron chi connectivity index (χ4n) is 3.16. The van der Waals surface area contributed by atoms with Crippen LogP contribution in [0, 0.1) is 0 Å². The highest BCUT2D eigenvalue weighted by Gasteiger charge is 2.44. The summed E-state index contributed by atoms with van der Waals surface area (Å²) in [6, 6.07) is 16.3. The van der Waals surface area contributed by atoms with Crippen LogP contribution < -0.4 is 0 Å². The number of carbonyl (C=O) groups excluding carboxylic acids is 2. The molecule has 0 aromatic heterocycles. The van der Waals surface area contributed by atoms with E-state index in [9.17, 15) is 9.59 Å². The van der Waals surface area contributed by atoms with Crippen LogP contribution in [0.3, 0.4) is 0 Å². The lowest BCUT2D eigenvalue weighted by Crippen LogP contribution is -2.35. The van der Waals surface area contributed by atoms with Crippen molar-refractivity contribution in [3.8, 4) is 0 Å². The van der Waals surface area contributed by atoms with Crippen molar-refractivity contribution in [2.24, 2.45) is 0 Å². The standard InChI is InChI=1S/C21H22N2O4S/c1-15-20(17-7-5-4-6-8-17)23(21(25)22(15)2)19(24)14-11-16-9-12-18(13-10-16)28-27-26-3/h4-15,20H,1-3H3/t15-,20-/m0/s1. The fourth-order valence-corrected chi connectivity index (χ4v) is 3.55. The van der Waals surface area contributed by atoms with Crippen LogP contribution in [0.25, 0.3) is 6.08 Å². The minimum Gasteiger partial charge on any atom is -0.322 e. The van der Waals surface area contributed by atoms with Gasteiger partial charge in [-0.1, -0.05) is 42.5 Å². The van der Waals surface area contributed by atoms with E-state index in [4.69, 9.17) is 4.33 Å². The lowest BCUT2D eigenvalue weighted by molar-refractivity contribution is -0.160. The number of hydrogen-bond donors (Lipinski definition) is 0. The molecule has 146 valence electrons. The number of amides is 3. The summed E-state index contributed by atoms with van der Waals surface area (Å²) in [4.78, 5) is 33.9. The molecule has 0 radical (unpaired) electrons. The van der Waals surface area contributed by atoms with Gasteiger partial charge in [0.05, 0.1) is 31.2 Å². The zero-order valence-electron chi connectivity index (χ0n) is 15.9. The molecule has 3 rings (SSSR count). The van der Waals surface area contributed by atoms with Crippen molar-refractivity contribution in [2.45, 2.75) is 23.9 Å². The van der Waals surface area contributed by atoms with Crippen LogP contribution in [0.5, 0.6) is 0 Å². The van der Waals surface area contributed by atoms with Crippen LogP contribution in [0.1, 0.15) is 24.1 Å². The van der Waals surface area contributed by atoms with Gasteiger partial charge in [-0.05, 0) is 36.3 Å². The summed E-state index contributed by atoms with van der Waals surface area (Å²) in [7, 11) is 3.16. The van der Waals surface area contributed by atoms with Gasteiger partial charge in [0.15, 0.2) is 0 Å². The highest BCUT2D eigenvalue weighted by molar-refractivity contribution is 7.94. The Bertz CT molecular complexity index is 854. The maximum absolute atomic E-state index is 12.9. The molecule has 0 N–H and O–H groups in total. The van der Waals surface area contributed by atoms with Gasteiger partial charge in [0.25, 0.3) is 5.91 Å². The summed E-state index contributed by atoms with van der Waals surface area (Å²) in [6.45, 7) is 1.95. The number of benzene rings is 2. The molecular formula is C21H22N2O4S. The van der Waals surface area contributed by atoms with E-state index in [1.165, 1.54) is 18.1 Å². The molecule has 2 atom stereocenters. The van der Waals surface area contributed by atoms with Crippen LogP contribution in [0.4, 0.5) is 4.79 Å². The van der Waals surface area contributed by atoms with Gasteiger partial charge in [-0.25, -0.2) is 9.68 Å². The molecule has 2 aromatic rings. The summed E-state index contributed by atoms with van der Waals surface area (Å²) in [6.07, 6.45) is 3.14. The summed E-state index contributed by atoms with van der Waals surface area (Å²) >= 11 is 1.10. The molecule has 1 saturated heterocycles. The highest BCUT2D eigenvalue weighted by Crippen LogP contribution is 2.34. The summed E-state index contributed by atoms with van der Waals surface area (Å²) in [5.74, 6) is -0.337. The van der Waals surface area contributed by atoms with Crippen molar-refractivity contribution < 1.29 is 18.8 Å². The number of hydrogen-bond acceptors (Lipinski definition) is 5. The number of nitrogens with zero attached hydrogens (tertiary/aromatic N) is 2. The maximum atomic E-state index is 12.9. The normalized spacial score (nSPS) is 19.6. The molecule has 1 aliphatic heterocycles. The molecule has 1 fully saturated rings. The average molecular weight is 398 g/mol. The summed E-state index contributed by atoms with van der Waals surface area (Å²) in [5, 5.41) is 0. The summed E-state index contributed by atoms with van der Waals surface area (Å²) < 4.78 is 4.81. The van der Waals surface area contributed by atoms with Gasteiger partial charge in [-0.3, -0.25) is 9.69 Å². The molecule has 1 heterocycles. The summed E-state index contributed by atoms with van der Waals surface area (Å²) in [5.41, 5.74) is 1.79. The first-order chi connectivity index (χ1) is 13.5. The molecule has 1 aliphatic rings. The second-order valence-electron chi connectivity index (χ2n) is 6.42. The molecule has 0 spiro atoms. The minimum absolute atomic E-state index is 0.107. The number of urea groups is 1. The fraction of sp³-hybridized carbons (Fsp3) is 0.238. The Balaban J connectivity index is 1.77. The van der Waals surface area contributed by atoms with Gasteiger partial charge >= 0.3 is 6.03 Å². The van der Waals surface area contributed by atoms with Gasteiger partial charge < -0.3 is 4.90 Å². The van der Waals surface area contributed by atoms with E-state index in [0.717, 1.165) is 28.1 Å². The Hall–Kier alpha value is -2.61. The third-order valence-corrected chi connectivity index (χ3v) is 5.40. The first kappa shape index (κ1) is 20.1. The van der Waals surface area contributed by atoms with Gasteiger partial charge in [-0.2, -0.15) is 4.33 Å². The second-order valence-corrected chi connectivity index (χ2v) is 7.19. The molecule has 0 bridgehead atoms. The van der Waals surface area contributed by atoms with Crippen molar-refractivity contribution in [2.75, 3.05) is 14.2 Å². The average Bonchev–Trinajstić information content (AvgIpc) is 2.96. The van der Waals surface area contributed by atoms with Crippen LogP contribution in [0.15, 0.2) is 65.6 Å². The quantitative estimate of drug-likeness (QED) is 0.314. The van der Waals surface area contributed by atoms with Crippen molar-refractivity contribution in [1.82, 2.24) is 9.80 Å². The van der Waals surface area contributed by atoms with Crippen molar-refractivity contribution in [3.63, 3.8) is 0 Å². The Labute approximate surface area is 168 Å². The van der Waals surface area contributed by atoms with E-state index >= 15 is 0 Å². The van der Waals surface area contributed by atoms with E-state index in [1.807, 2.05) is 61.5 Å². The maximum Gasteiger partial charge on any atom is 0.327 e. The van der Waals surface area contributed by atoms with E-state index in [0.29, 0.717) is 0 Å². The predicted molar refractivity (Wildman–Crippen MR) is 108 cm³/mol. The Morgan fingerprint density at radius 2 is 1.79 bits per heavy atom. The van der Waals surface area contributed by atoms with Gasteiger partial charge in [0.2, 0.25) is 0 Å². The van der Waals surface area contributed by atoms with Gasteiger partial charge in [0, 0.05) is 18.0 Å². The minimum atomic E-state index is -0.337. The molecule has 3 amide bonds. The third kappa shape index (κ3) is 4.27. The second kappa shape index (κ2) is 9.05. The van der Waals surface area contributed by atoms with Crippen LogP contribution >= 0.6 is 12.0 Å². The van der Waals surface area contributed by atoms with E-state index in [1.54, 1.807) is 18.0 Å². The smallest absolute Gasteiger partial charge is 0.322 e. The Kier molecular flexibility index (Phi) is 6.51. The molecule has 0 unspecified atom stereocenters. The molecule has 28 heavy (non-hydrogen) atoms. The van der Waals surface area contributed by atoms with Crippen molar-refractivity contribution in [1.29, 1.82) is 0 Å². The molecule has 6 nitrogen and oxygen atoms in total. The third-order valence-electron chi connectivity index (χ3n) is 4.73. The zero-order chi connectivity index (χ0) is 20.1. The first-order valence-electron chi connectivity index (χ1n) is 8.83. The van der Waals surface area contributed by atoms with Crippen molar-refractivity contribution >= 4 is 30.1 Å². The molecular weight excluding hydrogens is 376 g/mol. The predicted octanol–water partition coefficient (Wildman–Crippen LogP) is 4.31. The van der Waals surface area contributed by atoms with Gasteiger partial charge in [-0.15, -0.1) is 0 Å². The van der Waals surface area contributed by atoms with Crippen LogP contribution in [-0.4, -0.2) is 41.9 Å². The van der Waals surface area contributed by atoms with Crippen LogP contribution in [0.2, 0.25) is 0 Å². The largest absolute Gasteiger partial charge is 0.327 e. The van der Waals surface area contributed by atoms with E-state index in [-0.39, 0.29) is 24.0 Å². The Morgan fingerprint density at radius 1 is 1.11 bits per heavy atom. The van der Waals surface area contributed by atoms with E-state index < -0.39 is 0 Å². The molecule has 2 aromatic carbocycles. The lowest BCUT2D eigenvalue weighted by atomic mass is 10.0. The Morgan fingerprint density at radius 3 is 2.43 bits per heavy atom. The number of imide groups is 1. The monoisotopic (exact) mass is 398 g/mol. The number of carbonyl (C=O) groups is 2. The van der Waals surface area contributed by atoms with E-state index in [2.05, 4.69) is 4.89 Å². The zero-order valence-corrected chi connectivity index (χ0v) is 16.8. The molecule has 0 saturated carbocycles.